The van der Waals surface area contributed by atoms with Crippen LogP contribution >= 0.6 is 0 Å². The highest BCUT2D eigenvalue weighted by atomic mass is 32.2. The molecule has 0 atom stereocenters. The van der Waals surface area contributed by atoms with E-state index in [-0.39, 0.29) is 39.9 Å². The summed E-state index contributed by atoms with van der Waals surface area (Å²) in [4.78, 5) is 30.4. The molecule has 0 saturated heterocycles. The molecule has 0 saturated carbocycles. The number of ether oxygens (including phenoxy) is 4. The van der Waals surface area contributed by atoms with Crippen molar-refractivity contribution < 1.29 is 37.0 Å². The van der Waals surface area contributed by atoms with Crippen LogP contribution in [0.2, 0.25) is 0 Å². The van der Waals surface area contributed by atoms with Crippen molar-refractivity contribution in [1.29, 1.82) is 0 Å². The van der Waals surface area contributed by atoms with Gasteiger partial charge in [-0.15, -0.1) is 0 Å². The van der Waals surface area contributed by atoms with Gasteiger partial charge in [-0.25, -0.2) is 8.42 Å². The first kappa shape index (κ1) is 31.6. The third kappa shape index (κ3) is 7.18. The predicted octanol–water partition coefficient (Wildman–Crippen LogP) is 3.88. The molecular weight excluding hydrogens is 588 g/mol. The van der Waals surface area contributed by atoms with Crippen molar-refractivity contribution in [2.24, 2.45) is 0 Å². The number of sulfonamides is 1. The molecule has 1 aromatic heterocycles. The number of anilines is 2. The van der Waals surface area contributed by atoms with Gasteiger partial charge in [-0.1, -0.05) is 18.2 Å². The molecule has 0 aliphatic carbocycles. The van der Waals surface area contributed by atoms with Crippen LogP contribution in [0.1, 0.15) is 15.9 Å². The summed E-state index contributed by atoms with van der Waals surface area (Å²) in [6, 6.07) is 18.7. The molecule has 0 aliphatic rings. The fraction of sp³-hybridized carbons (Fsp3) is 0.194. The van der Waals surface area contributed by atoms with E-state index >= 15 is 0 Å². The molecule has 13 heteroatoms. The van der Waals surface area contributed by atoms with E-state index in [4.69, 9.17) is 18.9 Å². The molecule has 2 N–H and O–H groups in total. The number of nitrogens with one attached hydrogen (secondary N) is 2. The number of methoxy groups -OCH3 is 4. The van der Waals surface area contributed by atoms with Crippen LogP contribution in [0.25, 0.3) is 0 Å². The molecule has 0 unspecified atom stereocenters. The zero-order chi connectivity index (χ0) is 31.7. The molecule has 0 radical (unpaired) electrons. The van der Waals surface area contributed by atoms with Crippen LogP contribution in [0.4, 0.5) is 11.4 Å². The van der Waals surface area contributed by atoms with Crippen LogP contribution in [0.15, 0.2) is 90.1 Å². The number of para-hydroxylation sites is 1. The monoisotopic (exact) mass is 620 g/mol. The Morgan fingerprint density at radius 2 is 1.55 bits per heavy atom. The molecule has 0 bridgehead atoms. The smallest absolute Gasteiger partial charge is 0.265 e. The van der Waals surface area contributed by atoms with Gasteiger partial charge in [-0.2, -0.15) is 0 Å². The predicted molar refractivity (Wildman–Crippen MR) is 164 cm³/mol. The Kier molecular flexibility index (Phi) is 10.2. The van der Waals surface area contributed by atoms with Gasteiger partial charge in [-0.3, -0.25) is 18.9 Å². The van der Waals surface area contributed by atoms with Crippen molar-refractivity contribution in [1.82, 2.24) is 10.3 Å². The van der Waals surface area contributed by atoms with Crippen molar-refractivity contribution >= 4 is 33.2 Å². The lowest BCUT2D eigenvalue weighted by molar-refractivity contribution is -0.114. The number of aromatic nitrogens is 1. The van der Waals surface area contributed by atoms with E-state index in [1.165, 1.54) is 58.8 Å². The van der Waals surface area contributed by atoms with Gasteiger partial charge in [0.2, 0.25) is 5.91 Å². The Morgan fingerprint density at radius 3 is 2.23 bits per heavy atom. The molecule has 3 aromatic carbocycles. The largest absolute Gasteiger partial charge is 0.497 e. The van der Waals surface area contributed by atoms with Crippen molar-refractivity contribution in [3.8, 4) is 23.0 Å². The van der Waals surface area contributed by atoms with Gasteiger partial charge in [0, 0.05) is 31.1 Å². The van der Waals surface area contributed by atoms with Crippen LogP contribution in [0, 0.1) is 0 Å². The van der Waals surface area contributed by atoms with Gasteiger partial charge in [0.25, 0.3) is 15.9 Å². The number of pyridine rings is 1. The van der Waals surface area contributed by atoms with Crippen molar-refractivity contribution in [3.05, 3.63) is 96.3 Å². The third-order valence-electron chi connectivity index (χ3n) is 6.51. The van der Waals surface area contributed by atoms with Crippen LogP contribution in [-0.2, 0) is 21.4 Å². The summed E-state index contributed by atoms with van der Waals surface area (Å²) in [7, 11) is 1.22. The minimum Gasteiger partial charge on any atom is -0.497 e. The highest BCUT2D eigenvalue weighted by Crippen LogP contribution is 2.37. The van der Waals surface area contributed by atoms with Gasteiger partial charge in [0.1, 0.15) is 18.0 Å². The fourth-order valence-electron chi connectivity index (χ4n) is 4.29. The number of benzene rings is 3. The first-order valence-corrected chi connectivity index (χ1v) is 14.7. The van der Waals surface area contributed by atoms with E-state index in [1.807, 2.05) is 6.07 Å². The second-order valence-corrected chi connectivity index (χ2v) is 11.1. The second-order valence-electron chi connectivity index (χ2n) is 9.20. The maximum absolute atomic E-state index is 14.1. The molecule has 4 rings (SSSR count). The molecule has 230 valence electrons. The fourth-order valence-corrected chi connectivity index (χ4v) is 5.73. The molecule has 0 aliphatic heterocycles. The van der Waals surface area contributed by atoms with Crippen LogP contribution in [0.5, 0.6) is 23.0 Å². The average molecular weight is 621 g/mol. The Hall–Kier alpha value is -5.30. The molecule has 12 nitrogen and oxygen atoms in total. The quantitative estimate of drug-likeness (QED) is 0.227. The zero-order valence-electron chi connectivity index (χ0n) is 24.6. The molecule has 2 amide bonds. The SMILES string of the molecule is COc1ccc(OC)c(N(CC(=O)Nc2ccccc2C(=O)NCc2cccnc2)S(=O)(=O)c2ccc(OC)c(OC)c2)c1. The normalized spacial score (nSPS) is 10.8. The number of carbonyl (C=O) groups is 2. The van der Waals surface area contributed by atoms with Gasteiger partial charge < -0.3 is 29.6 Å². The highest BCUT2D eigenvalue weighted by molar-refractivity contribution is 7.92. The Bertz CT molecular complexity index is 1730. The molecule has 0 spiro atoms. The van der Waals surface area contributed by atoms with E-state index in [9.17, 15) is 18.0 Å². The van der Waals surface area contributed by atoms with Crippen LogP contribution in [-0.4, -0.2) is 60.2 Å². The lowest BCUT2D eigenvalue weighted by atomic mass is 10.1. The number of rotatable bonds is 13. The second kappa shape index (κ2) is 14.2. The lowest BCUT2D eigenvalue weighted by Crippen LogP contribution is -2.38. The Morgan fingerprint density at radius 1 is 0.818 bits per heavy atom. The van der Waals surface area contributed by atoms with E-state index in [0.717, 1.165) is 9.87 Å². The van der Waals surface area contributed by atoms with Crippen molar-refractivity contribution in [2.75, 3.05) is 44.6 Å². The first-order valence-electron chi connectivity index (χ1n) is 13.2. The number of hydrogen-bond donors (Lipinski definition) is 2. The summed E-state index contributed by atoms with van der Waals surface area (Å²) in [6.45, 7) is -0.451. The molecular formula is C31H32N4O8S. The summed E-state index contributed by atoms with van der Waals surface area (Å²) in [6.07, 6.45) is 3.26. The van der Waals surface area contributed by atoms with Gasteiger partial charge in [0.15, 0.2) is 11.5 Å². The van der Waals surface area contributed by atoms with E-state index in [0.29, 0.717) is 11.5 Å². The van der Waals surface area contributed by atoms with E-state index < -0.39 is 28.4 Å². The minimum absolute atomic E-state index is 0.0549. The first-order chi connectivity index (χ1) is 21.2. The standard InChI is InChI=1S/C31H32N4O8S/c1-40-22-11-13-27(41-2)26(16-22)35(44(38,39)23-12-14-28(42-3)29(17-23)43-4)20-30(36)34-25-10-6-5-9-24(25)31(37)33-19-21-8-7-15-32-18-21/h5-18H,19-20H2,1-4H3,(H,33,37)(H,34,36). The molecule has 44 heavy (non-hydrogen) atoms. The molecule has 1 heterocycles. The molecule has 4 aromatic rings. The van der Waals surface area contributed by atoms with Gasteiger partial charge in [-0.05, 0) is 48.0 Å². The maximum atomic E-state index is 14.1. The average Bonchev–Trinajstić information content (AvgIpc) is 3.06. The lowest BCUT2D eigenvalue weighted by Gasteiger charge is -2.26. The maximum Gasteiger partial charge on any atom is 0.265 e. The van der Waals surface area contributed by atoms with Crippen molar-refractivity contribution in [3.63, 3.8) is 0 Å². The number of amides is 2. The van der Waals surface area contributed by atoms with Gasteiger partial charge in [0.05, 0.1) is 50.3 Å². The van der Waals surface area contributed by atoms with Gasteiger partial charge >= 0.3 is 0 Å². The third-order valence-corrected chi connectivity index (χ3v) is 8.26. The van der Waals surface area contributed by atoms with E-state index in [2.05, 4.69) is 15.6 Å². The number of nitrogens with zero attached hydrogens (tertiary/aromatic N) is 2. The number of carbonyl (C=O) groups excluding carboxylic acids is 2. The van der Waals surface area contributed by atoms with Crippen LogP contribution < -0.4 is 33.9 Å². The summed E-state index contributed by atoms with van der Waals surface area (Å²) < 4.78 is 50.5. The number of hydrogen-bond acceptors (Lipinski definition) is 9. The highest BCUT2D eigenvalue weighted by Gasteiger charge is 2.31. The Labute approximate surface area is 255 Å². The summed E-state index contributed by atoms with van der Waals surface area (Å²) in [5, 5.41) is 5.49. The summed E-state index contributed by atoms with van der Waals surface area (Å²) in [5.74, 6) is -0.127. The topological polar surface area (TPSA) is 145 Å². The van der Waals surface area contributed by atoms with Crippen LogP contribution in [0.3, 0.4) is 0 Å². The summed E-state index contributed by atoms with van der Waals surface area (Å²) >= 11 is 0. The Balaban J connectivity index is 1.68. The minimum atomic E-state index is -4.41. The zero-order valence-corrected chi connectivity index (χ0v) is 25.4. The van der Waals surface area contributed by atoms with Crippen molar-refractivity contribution in [2.45, 2.75) is 11.4 Å². The molecule has 0 fully saturated rings. The van der Waals surface area contributed by atoms with E-state index in [1.54, 1.807) is 48.8 Å². The summed E-state index contributed by atoms with van der Waals surface area (Å²) in [5.41, 5.74) is 1.24.